The highest BCUT2D eigenvalue weighted by Gasteiger charge is 2.30. The lowest BCUT2D eigenvalue weighted by Crippen LogP contribution is -2.41. The van der Waals surface area contributed by atoms with E-state index in [1.165, 1.54) is 18.5 Å². The summed E-state index contributed by atoms with van der Waals surface area (Å²) in [7, 11) is 0. The van der Waals surface area contributed by atoms with Crippen molar-refractivity contribution < 1.29 is 13.9 Å². The Kier molecular flexibility index (Phi) is 4.32. The highest BCUT2D eigenvalue weighted by atomic mass is 19.1. The van der Waals surface area contributed by atoms with Crippen LogP contribution in [-0.4, -0.2) is 39.1 Å². The Morgan fingerprint density at radius 2 is 2.27 bits per heavy atom. The second kappa shape index (κ2) is 6.55. The number of nitrogens with one attached hydrogen (secondary N) is 1. The second-order valence-electron chi connectivity index (χ2n) is 5.19. The molecule has 1 fully saturated rings. The van der Waals surface area contributed by atoms with Crippen LogP contribution in [0.5, 0.6) is 5.75 Å². The van der Waals surface area contributed by atoms with Crippen molar-refractivity contribution in [2.24, 2.45) is 0 Å². The van der Waals surface area contributed by atoms with Crippen molar-refractivity contribution in [1.82, 2.24) is 20.1 Å². The van der Waals surface area contributed by atoms with Crippen molar-refractivity contribution in [3.8, 4) is 5.75 Å². The van der Waals surface area contributed by atoms with E-state index in [0.29, 0.717) is 12.4 Å². The number of H-pyrrole nitrogens is 1. The fourth-order valence-electron chi connectivity index (χ4n) is 2.67. The summed E-state index contributed by atoms with van der Waals surface area (Å²) in [6.45, 7) is 0.455. The Labute approximate surface area is 127 Å². The molecule has 1 amide bonds. The van der Waals surface area contributed by atoms with Gasteiger partial charge in [-0.2, -0.15) is 5.10 Å². The van der Waals surface area contributed by atoms with Crippen LogP contribution < -0.4 is 4.74 Å². The first-order chi connectivity index (χ1) is 10.8. The quantitative estimate of drug-likeness (QED) is 0.938. The molecular weight excluding hydrogens is 287 g/mol. The smallest absolute Gasteiger partial charge is 0.261 e. The number of carbonyl (C=O) groups excluding carboxylic acids is 1. The van der Waals surface area contributed by atoms with Gasteiger partial charge in [-0.15, -0.1) is 0 Å². The summed E-state index contributed by atoms with van der Waals surface area (Å²) < 4.78 is 18.8. The summed E-state index contributed by atoms with van der Waals surface area (Å²) in [5, 5.41) is 6.66. The van der Waals surface area contributed by atoms with Crippen molar-refractivity contribution in [3.63, 3.8) is 0 Å². The third-order valence-corrected chi connectivity index (χ3v) is 3.76. The fraction of sp³-hybridized carbons (Fsp3) is 0.400. The van der Waals surface area contributed by atoms with E-state index in [9.17, 15) is 9.18 Å². The number of carbonyl (C=O) groups is 1. The molecule has 116 valence electrons. The number of likely N-dealkylation sites (tertiary alicyclic amines) is 1. The summed E-state index contributed by atoms with van der Waals surface area (Å²) in [5.74, 6) is 0.119. The van der Waals surface area contributed by atoms with E-state index in [-0.39, 0.29) is 24.3 Å². The maximum atomic E-state index is 13.5. The molecule has 1 aromatic heterocycles. The molecule has 2 aromatic rings. The number of halogens is 1. The maximum absolute atomic E-state index is 13.5. The van der Waals surface area contributed by atoms with Gasteiger partial charge in [0.2, 0.25) is 0 Å². The molecule has 0 bridgehead atoms. The average Bonchev–Trinajstić information content (AvgIpc) is 3.08. The Balaban J connectivity index is 1.66. The van der Waals surface area contributed by atoms with E-state index >= 15 is 0 Å². The lowest BCUT2D eigenvalue weighted by Gasteiger charge is -2.34. The number of rotatable bonds is 4. The number of aromatic amines is 1. The first kappa shape index (κ1) is 14.5. The predicted molar refractivity (Wildman–Crippen MR) is 76.6 cm³/mol. The first-order valence-corrected chi connectivity index (χ1v) is 7.28. The number of piperidine rings is 1. The van der Waals surface area contributed by atoms with E-state index in [4.69, 9.17) is 4.74 Å². The van der Waals surface area contributed by atoms with E-state index < -0.39 is 5.82 Å². The molecule has 1 N–H and O–H groups in total. The summed E-state index contributed by atoms with van der Waals surface area (Å²) in [6, 6.07) is 5.94. The van der Waals surface area contributed by atoms with Crippen molar-refractivity contribution in [1.29, 1.82) is 0 Å². The molecule has 0 saturated carbocycles. The van der Waals surface area contributed by atoms with Gasteiger partial charge in [0.15, 0.2) is 18.2 Å². The normalized spacial score (nSPS) is 18.2. The Morgan fingerprint density at radius 3 is 3.05 bits per heavy atom. The van der Waals surface area contributed by atoms with Gasteiger partial charge >= 0.3 is 0 Å². The number of ether oxygens (including phenoxy) is 1. The minimum Gasteiger partial charge on any atom is -0.481 e. The van der Waals surface area contributed by atoms with Crippen molar-refractivity contribution in [2.75, 3.05) is 13.2 Å². The van der Waals surface area contributed by atoms with Gasteiger partial charge in [-0.1, -0.05) is 12.1 Å². The van der Waals surface area contributed by atoms with Crippen LogP contribution >= 0.6 is 0 Å². The Bertz CT molecular complexity index is 632. The molecule has 1 aliphatic rings. The molecule has 1 aliphatic heterocycles. The highest BCUT2D eigenvalue weighted by molar-refractivity contribution is 5.78. The van der Waals surface area contributed by atoms with Crippen LogP contribution in [0.3, 0.4) is 0 Å². The van der Waals surface area contributed by atoms with Gasteiger partial charge in [-0.25, -0.2) is 9.37 Å². The minimum absolute atomic E-state index is 0.0871. The van der Waals surface area contributed by atoms with Crippen LogP contribution in [0.1, 0.15) is 31.1 Å². The van der Waals surface area contributed by atoms with Gasteiger partial charge < -0.3 is 9.64 Å². The molecule has 6 nitrogen and oxygen atoms in total. The van der Waals surface area contributed by atoms with Crippen LogP contribution in [0, 0.1) is 5.82 Å². The molecule has 1 aromatic carbocycles. The van der Waals surface area contributed by atoms with Crippen LogP contribution in [-0.2, 0) is 4.79 Å². The van der Waals surface area contributed by atoms with Crippen LogP contribution in [0.4, 0.5) is 4.39 Å². The van der Waals surface area contributed by atoms with Gasteiger partial charge in [0.1, 0.15) is 12.2 Å². The van der Waals surface area contributed by atoms with Crippen molar-refractivity contribution in [3.05, 3.63) is 42.2 Å². The molecule has 2 heterocycles. The first-order valence-electron chi connectivity index (χ1n) is 7.28. The van der Waals surface area contributed by atoms with E-state index in [1.807, 2.05) is 0 Å². The summed E-state index contributed by atoms with van der Waals surface area (Å²) >= 11 is 0. The Morgan fingerprint density at radius 1 is 1.41 bits per heavy atom. The molecule has 0 radical (unpaired) electrons. The average molecular weight is 304 g/mol. The van der Waals surface area contributed by atoms with Gasteiger partial charge in [0.05, 0.1) is 6.04 Å². The SMILES string of the molecule is O=C(COc1ccccc1F)N1CCCCC1c1ncn[nH]1. The highest BCUT2D eigenvalue weighted by Crippen LogP contribution is 2.28. The molecule has 0 aliphatic carbocycles. The number of para-hydroxylation sites is 1. The molecule has 3 rings (SSSR count). The largest absolute Gasteiger partial charge is 0.481 e. The third kappa shape index (κ3) is 3.08. The number of hydrogen-bond acceptors (Lipinski definition) is 4. The topological polar surface area (TPSA) is 71.1 Å². The number of nitrogens with zero attached hydrogens (tertiary/aromatic N) is 3. The Hall–Kier alpha value is -2.44. The molecule has 1 atom stereocenters. The lowest BCUT2D eigenvalue weighted by atomic mass is 10.0. The number of benzene rings is 1. The maximum Gasteiger partial charge on any atom is 0.261 e. The summed E-state index contributed by atoms with van der Waals surface area (Å²) in [5.41, 5.74) is 0. The molecule has 0 spiro atoms. The van der Waals surface area contributed by atoms with Gasteiger partial charge in [-0.3, -0.25) is 9.89 Å². The molecule has 22 heavy (non-hydrogen) atoms. The standard InChI is InChI=1S/C15H17FN4O2/c16-11-5-1-2-7-13(11)22-9-14(21)20-8-4-3-6-12(20)15-17-10-18-19-15/h1-2,5,7,10,12H,3-4,6,8-9H2,(H,17,18,19). The van der Waals surface area contributed by atoms with Crippen LogP contribution in [0.15, 0.2) is 30.6 Å². The summed E-state index contributed by atoms with van der Waals surface area (Å²) in [6.07, 6.45) is 4.24. The number of hydrogen-bond donors (Lipinski definition) is 1. The summed E-state index contributed by atoms with van der Waals surface area (Å²) in [4.78, 5) is 18.3. The van der Waals surface area contributed by atoms with Gasteiger partial charge in [0.25, 0.3) is 5.91 Å². The molecule has 7 heteroatoms. The van der Waals surface area contributed by atoms with E-state index in [0.717, 1.165) is 19.3 Å². The third-order valence-electron chi connectivity index (χ3n) is 3.76. The van der Waals surface area contributed by atoms with Gasteiger partial charge in [-0.05, 0) is 31.4 Å². The van der Waals surface area contributed by atoms with Crippen LogP contribution in [0.25, 0.3) is 0 Å². The number of amides is 1. The van der Waals surface area contributed by atoms with Gasteiger partial charge in [0, 0.05) is 6.54 Å². The number of aromatic nitrogens is 3. The predicted octanol–water partition coefficient (Wildman–Crippen LogP) is 2.08. The van der Waals surface area contributed by atoms with E-state index in [2.05, 4.69) is 15.2 Å². The molecule has 1 saturated heterocycles. The lowest BCUT2D eigenvalue weighted by molar-refractivity contribution is -0.137. The zero-order chi connectivity index (χ0) is 15.4. The zero-order valence-corrected chi connectivity index (χ0v) is 12.0. The minimum atomic E-state index is -0.472. The second-order valence-corrected chi connectivity index (χ2v) is 5.19. The van der Waals surface area contributed by atoms with E-state index in [1.54, 1.807) is 17.0 Å². The van der Waals surface area contributed by atoms with Crippen LogP contribution in [0.2, 0.25) is 0 Å². The van der Waals surface area contributed by atoms with Crippen molar-refractivity contribution in [2.45, 2.75) is 25.3 Å². The molecule has 1 unspecified atom stereocenters. The molecular formula is C15H17FN4O2. The fourth-order valence-corrected chi connectivity index (χ4v) is 2.67. The monoisotopic (exact) mass is 304 g/mol. The van der Waals surface area contributed by atoms with Crippen molar-refractivity contribution >= 4 is 5.91 Å². The zero-order valence-electron chi connectivity index (χ0n) is 12.0.